The van der Waals surface area contributed by atoms with E-state index in [4.69, 9.17) is 0 Å². The minimum absolute atomic E-state index is 0.129. The number of carbonyl (C=O) groups excluding carboxylic acids is 2. The Balaban J connectivity index is 3.83. The van der Waals surface area contributed by atoms with Crippen LogP contribution in [-0.4, -0.2) is 60.6 Å². The van der Waals surface area contributed by atoms with E-state index in [1.807, 2.05) is 12.2 Å². The van der Waals surface area contributed by atoms with Crippen molar-refractivity contribution in [2.24, 2.45) is 0 Å². The lowest BCUT2D eigenvalue weighted by Gasteiger charge is -2.23. The second-order valence-electron chi connectivity index (χ2n) is 9.04. The van der Waals surface area contributed by atoms with E-state index >= 15 is 0 Å². The molecule has 2 amide bonds. The predicted octanol–water partition coefficient (Wildman–Crippen LogP) is 4.74. The number of amides is 2. The van der Waals surface area contributed by atoms with Gasteiger partial charge in [-0.1, -0.05) is 37.8 Å². The summed E-state index contributed by atoms with van der Waals surface area (Å²) < 4.78 is 0. The van der Waals surface area contributed by atoms with Crippen molar-refractivity contribution < 1.29 is 14.7 Å². The monoisotopic (exact) mass is 465 g/mol. The molecule has 33 heavy (non-hydrogen) atoms. The largest absolute Gasteiger partial charge is 0.392 e. The lowest BCUT2D eigenvalue weighted by atomic mass is 10.1. The van der Waals surface area contributed by atoms with Gasteiger partial charge in [0, 0.05) is 32.5 Å². The van der Waals surface area contributed by atoms with E-state index in [2.05, 4.69) is 28.7 Å². The molecule has 0 spiro atoms. The zero-order chi connectivity index (χ0) is 24.6. The van der Waals surface area contributed by atoms with Crippen LogP contribution in [0.15, 0.2) is 25.3 Å². The number of aliphatic hydroxyl groups is 1. The molecule has 192 valence electrons. The Labute approximate surface area is 203 Å². The van der Waals surface area contributed by atoms with Gasteiger partial charge in [-0.05, 0) is 71.4 Å². The molecule has 0 aromatic heterocycles. The smallest absolute Gasteiger partial charge is 0.219 e. The van der Waals surface area contributed by atoms with Crippen molar-refractivity contribution in [3.63, 3.8) is 0 Å². The quantitative estimate of drug-likeness (QED) is 0.142. The van der Waals surface area contributed by atoms with Gasteiger partial charge in [0.2, 0.25) is 11.8 Å². The van der Waals surface area contributed by atoms with Gasteiger partial charge in [0.15, 0.2) is 0 Å². The third-order valence-corrected chi connectivity index (χ3v) is 5.59. The average molecular weight is 466 g/mol. The summed E-state index contributed by atoms with van der Waals surface area (Å²) in [4.78, 5) is 26.1. The standard InChI is InChI=1S/C27H51N3O3/c1-4-6-8-10-12-14-18-26(32)28-20-16-22-30(24-25(3)31)23-17-21-29-27(33)19-15-13-11-9-7-5-2/h4-5,25,31H,1-2,6-24H2,3H3,(H,28,32)(H,29,33). The second-order valence-corrected chi connectivity index (χ2v) is 9.04. The molecule has 0 fully saturated rings. The normalized spacial score (nSPS) is 11.8. The van der Waals surface area contributed by atoms with Crippen molar-refractivity contribution in [3.05, 3.63) is 25.3 Å². The number of nitrogens with zero attached hydrogens (tertiary/aromatic N) is 1. The first-order valence-electron chi connectivity index (χ1n) is 13.1. The zero-order valence-corrected chi connectivity index (χ0v) is 21.3. The third-order valence-electron chi connectivity index (χ3n) is 5.59. The highest BCUT2D eigenvalue weighted by atomic mass is 16.3. The van der Waals surface area contributed by atoms with Crippen LogP contribution in [0.4, 0.5) is 0 Å². The number of hydrogen-bond acceptors (Lipinski definition) is 4. The fraction of sp³-hybridized carbons (Fsp3) is 0.778. The Morgan fingerprint density at radius 2 is 1.18 bits per heavy atom. The number of nitrogens with one attached hydrogen (secondary N) is 2. The molecule has 0 rings (SSSR count). The van der Waals surface area contributed by atoms with Gasteiger partial charge in [0.25, 0.3) is 0 Å². The highest BCUT2D eigenvalue weighted by Crippen LogP contribution is 2.06. The first-order chi connectivity index (χ1) is 16.0. The molecule has 3 N–H and O–H groups in total. The summed E-state index contributed by atoms with van der Waals surface area (Å²) in [7, 11) is 0. The van der Waals surface area contributed by atoms with Crippen LogP contribution in [0.1, 0.15) is 96.8 Å². The van der Waals surface area contributed by atoms with Crippen LogP contribution < -0.4 is 10.6 Å². The lowest BCUT2D eigenvalue weighted by Crippen LogP contribution is -2.36. The zero-order valence-electron chi connectivity index (χ0n) is 21.3. The average Bonchev–Trinajstić information content (AvgIpc) is 2.78. The first-order valence-corrected chi connectivity index (χ1v) is 13.1. The van der Waals surface area contributed by atoms with Crippen molar-refractivity contribution in [1.29, 1.82) is 0 Å². The molecule has 0 radical (unpaired) electrons. The van der Waals surface area contributed by atoms with E-state index in [1.165, 1.54) is 0 Å². The van der Waals surface area contributed by atoms with Crippen molar-refractivity contribution in [2.45, 2.75) is 103 Å². The maximum atomic E-state index is 11.9. The fourth-order valence-corrected chi connectivity index (χ4v) is 3.76. The van der Waals surface area contributed by atoms with Gasteiger partial charge in [-0.25, -0.2) is 0 Å². The molecule has 6 heteroatoms. The minimum Gasteiger partial charge on any atom is -0.392 e. The summed E-state index contributed by atoms with van der Waals surface area (Å²) in [5.41, 5.74) is 0. The molecule has 0 aliphatic carbocycles. The van der Waals surface area contributed by atoms with E-state index < -0.39 is 6.10 Å². The van der Waals surface area contributed by atoms with Crippen LogP contribution in [0.5, 0.6) is 0 Å². The summed E-state index contributed by atoms with van der Waals surface area (Å²) in [6.45, 7) is 12.8. The molecular formula is C27H51N3O3. The van der Waals surface area contributed by atoms with Crippen LogP contribution in [0.3, 0.4) is 0 Å². The van der Waals surface area contributed by atoms with Crippen LogP contribution in [0.25, 0.3) is 0 Å². The molecule has 0 aliphatic heterocycles. The van der Waals surface area contributed by atoms with Gasteiger partial charge < -0.3 is 20.6 Å². The second kappa shape index (κ2) is 23.5. The molecule has 0 aliphatic rings. The van der Waals surface area contributed by atoms with Crippen LogP contribution in [0, 0.1) is 0 Å². The molecular weight excluding hydrogens is 414 g/mol. The van der Waals surface area contributed by atoms with Crippen LogP contribution in [0.2, 0.25) is 0 Å². The molecule has 1 atom stereocenters. The summed E-state index contributed by atoms with van der Waals surface area (Å²) in [6, 6.07) is 0. The molecule has 0 aromatic carbocycles. The molecule has 0 bridgehead atoms. The van der Waals surface area contributed by atoms with Gasteiger partial charge >= 0.3 is 0 Å². The van der Waals surface area contributed by atoms with Gasteiger partial charge in [-0.2, -0.15) is 0 Å². The Hall–Kier alpha value is -1.66. The van der Waals surface area contributed by atoms with E-state index in [0.29, 0.717) is 32.5 Å². The number of aliphatic hydroxyl groups excluding tert-OH is 1. The SMILES string of the molecule is C=CCCCCCCC(=O)NCCCN(CCCNC(=O)CCCCCCC=C)CC(C)O. The predicted molar refractivity (Wildman–Crippen MR) is 139 cm³/mol. The maximum Gasteiger partial charge on any atom is 0.219 e. The Bertz CT molecular complexity index is 469. The molecule has 1 unspecified atom stereocenters. The summed E-state index contributed by atoms with van der Waals surface area (Å²) in [5.74, 6) is 0.258. The van der Waals surface area contributed by atoms with Crippen molar-refractivity contribution in [2.75, 3.05) is 32.7 Å². The van der Waals surface area contributed by atoms with Crippen molar-refractivity contribution in [1.82, 2.24) is 15.5 Å². The van der Waals surface area contributed by atoms with E-state index in [-0.39, 0.29) is 11.8 Å². The highest BCUT2D eigenvalue weighted by molar-refractivity contribution is 5.76. The van der Waals surface area contributed by atoms with Gasteiger partial charge in [-0.15, -0.1) is 13.2 Å². The molecule has 6 nitrogen and oxygen atoms in total. The number of unbranched alkanes of at least 4 members (excludes halogenated alkanes) is 8. The van der Waals surface area contributed by atoms with Crippen molar-refractivity contribution in [3.8, 4) is 0 Å². The molecule has 0 saturated carbocycles. The van der Waals surface area contributed by atoms with Crippen LogP contribution in [-0.2, 0) is 9.59 Å². The van der Waals surface area contributed by atoms with Gasteiger partial charge in [0.1, 0.15) is 0 Å². The van der Waals surface area contributed by atoms with Crippen molar-refractivity contribution >= 4 is 11.8 Å². The maximum absolute atomic E-state index is 11.9. The number of rotatable bonds is 24. The highest BCUT2D eigenvalue weighted by Gasteiger charge is 2.09. The van der Waals surface area contributed by atoms with E-state index in [1.54, 1.807) is 6.92 Å². The number of carbonyl (C=O) groups is 2. The topological polar surface area (TPSA) is 81.7 Å². The minimum atomic E-state index is -0.392. The summed E-state index contributed by atoms with van der Waals surface area (Å²) >= 11 is 0. The van der Waals surface area contributed by atoms with E-state index in [9.17, 15) is 14.7 Å². The lowest BCUT2D eigenvalue weighted by molar-refractivity contribution is -0.122. The van der Waals surface area contributed by atoms with E-state index in [0.717, 1.165) is 90.1 Å². The molecule has 0 heterocycles. The molecule has 0 saturated heterocycles. The first kappa shape index (κ1) is 31.3. The summed E-state index contributed by atoms with van der Waals surface area (Å²) in [6.07, 6.45) is 17.2. The van der Waals surface area contributed by atoms with Gasteiger partial charge in [0.05, 0.1) is 6.10 Å². The van der Waals surface area contributed by atoms with Crippen LogP contribution >= 0.6 is 0 Å². The Morgan fingerprint density at radius 1 is 0.758 bits per heavy atom. The fourth-order valence-electron chi connectivity index (χ4n) is 3.76. The van der Waals surface area contributed by atoms with Gasteiger partial charge in [-0.3, -0.25) is 9.59 Å². The Morgan fingerprint density at radius 3 is 1.58 bits per heavy atom. The summed E-state index contributed by atoms with van der Waals surface area (Å²) in [5, 5.41) is 15.8. The number of hydrogen-bond donors (Lipinski definition) is 3. The third kappa shape index (κ3) is 23.3. The Kier molecular flexibility index (Phi) is 22.3. The number of allylic oxidation sites excluding steroid dienone is 2. The molecule has 0 aromatic rings.